The van der Waals surface area contributed by atoms with Crippen LogP contribution in [0.1, 0.15) is 5.56 Å². The van der Waals surface area contributed by atoms with E-state index in [9.17, 15) is 14.7 Å². The normalized spacial score (nSPS) is 10.8. The topological polar surface area (TPSA) is 66.8 Å². The zero-order valence-corrected chi connectivity index (χ0v) is 19.3. The number of methoxy groups -OCH3 is 1. The molecule has 1 amide bonds. The molecule has 0 fully saturated rings. The molecule has 5 nitrogen and oxygen atoms in total. The van der Waals surface area contributed by atoms with Crippen molar-refractivity contribution in [2.45, 2.75) is 9.79 Å². The number of aliphatic carboxylic acids is 1. The molecule has 164 valence electrons. The molecule has 0 bridgehead atoms. The van der Waals surface area contributed by atoms with E-state index in [-0.39, 0.29) is 0 Å². The third kappa shape index (κ3) is 5.85. The molecule has 0 atom stereocenters. The SMILES string of the molecule is COc1ccccc1Sc1ccc(C=CC(=O)N(CC(=O)O)c2ccccc2)c(Cl)c1Cl. The van der Waals surface area contributed by atoms with Crippen LogP contribution in [0.5, 0.6) is 5.75 Å². The zero-order valence-electron chi connectivity index (χ0n) is 17.0. The largest absolute Gasteiger partial charge is 0.496 e. The molecular formula is C24H19Cl2NO4S. The quantitative estimate of drug-likeness (QED) is 0.378. The van der Waals surface area contributed by atoms with E-state index in [1.54, 1.807) is 43.5 Å². The predicted molar refractivity (Wildman–Crippen MR) is 129 cm³/mol. The molecule has 3 rings (SSSR count). The number of benzene rings is 3. The lowest BCUT2D eigenvalue weighted by Crippen LogP contribution is -2.34. The fraction of sp³-hybridized carbons (Fsp3) is 0.0833. The number of para-hydroxylation sites is 2. The van der Waals surface area contributed by atoms with Crippen LogP contribution in [0, 0.1) is 0 Å². The van der Waals surface area contributed by atoms with Crippen LogP contribution in [0.3, 0.4) is 0 Å². The van der Waals surface area contributed by atoms with Gasteiger partial charge in [0.25, 0.3) is 5.91 Å². The van der Waals surface area contributed by atoms with Crippen molar-refractivity contribution in [1.82, 2.24) is 0 Å². The number of anilines is 1. The summed E-state index contributed by atoms with van der Waals surface area (Å²) in [5.74, 6) is -0.883. The van der Waals surface area contributed by atoms with Crippen LogP contribution in [0.4, 0.5) is 5.69 Å². The van der Waals surface area contributed by atoms with Crippen LogP contribution in [0.15, 0.2) is 82.6 Å². The number of nitrogens with zero attached hydrogens (tertiary/aromatic N) is 1. The molecule has 3 aromatic rings. The molecule has 8 heteroatoms. The first-order valence-corrected chi connectivity index (χ1v) is 11.0. The van der Waals surface area contributed by atoms with E-state index in [4.69, 9.17) is 27.9 Å². The third-order valence-electron chi connectivity index (χ3n) is 4.40. The van der Waals surface area contributed by atoms with Gasteiger partial charge in [-0.2, -0.15) is 0 Å². The van der Waals surface area contributed by atoms with E-state index in [0.717, 1.165) is 15.5 Å². The van der Waals surface area contributed by atoms with Crippen LogP contribution in [0.25, 0.3) is 6.08 Å². The monoisotopic (exact) mass is 487 g/mol. The van der Waals surface area contributed by atoms with Gasteiger partial charge in [-0.05, 0) is 42.0 Å². The highest BCUT2D eigenvalue weighted by Crippen LogP contribution is 2.42. The first-order valence-electron chi connectivity index (χ1n) is 9.46. The number of hydrogen-bond donors (Lipinski definition) is 1. The standard InChI is InChI=1S/C24H19Cl2NO4S/c1-31-18-9-5-6-10-19(18)32-20-13-11-16(23(25)24(20)26)12-14-21(28)27(15-22(29)30)17-7-3-2-4-8-17/h2-14H,15H2,1H3,(H,29,30). The second-order valence-corrected chi connectivity index (χ2v) is 8.36. The first-order chi connectivity index (χ1) is 15.4. The Morgan fingerprint density at radius 3 is 2.34 bits per heavy atom. The van der Waals surface area contributed by atoms with Gasteiger partial charge in [0.05, 0.1) is 22.1 Å². The summed E-state index contributed by atoms with van der Waals surface area (Å²) < 4.78 is 5.37. The van der Waals surface area contributed by atoms with Crippen molar-refractivity contribution in [3.63, 3.8) is 0 Å². The molecule has 0 radical (unpaired) electrons. The van der Waals surface area contributed by atoms with Crippen molar-refractivity contribution in [3.05, 3.63) is 88.4 Å². The molecule has 0 aliphatic rings. The molecule has 0 aliphatic carbocycles. The average Bonchev–Trinajstić information content (AvgIpc) is 2.80. The van der Waals surface area contributed by atoms with Crippen molar-refractivity contribution < 1.29 is 19.4 Å². The van der Waals surface area contributed by atoms with Gasteiger partial charge in [-0.3, -0.25) is 14.5 Å². The smallest absolute Gasteiger partial charge is 0.323 e. The molecule has 0 heterocycles. The van der Waals surface area contributed by atoms with Crippen molar-refractivity contribution >= 4 is 58.6 Å². The predicted octanol–water partition coefficient (Wildman–Crippen LogP) is 6.28. The second kappa shape index (κ2) is 11.1. The van der Waals surface area contributed by atoms with Gasteiger partial charge in [0.15, 0.2) is 0 Å². The van der Waals surface area contributed by atoms with E-state index >= 15 is 0 Å². The molecule has 0 unspecified atom stereocenters. The maximum absolute atomic E-state index is 12.7. The Hall–Kier alpha value is -2.93. The molecule has 0 saturated carbocycles. The Morgan fingerprint density at radius 2 is 1.66 bits per heavy atom. The van der Waals surface area contributed by atoms with E-state index in [0.29, 0.717) is 21.3 Å². The van der Waals surface area contributed by atoms with Crippen molar-refractivity contribution in [1.29, 1.82) is 0 Å². The maximum Gasteiger partial charge on any atom is 0.323 e. The number of carboxylic acids is 1. The molecular weight excluding hydrogens is 469 g/mol. The molecule has 0 aromatic heterocycles. The van der Waals surface area contributed by atoms with Crippen LogP contribution in [0.2, 0.25) is 10.0 Å². The van der Waals surface area contributed by atoms with Gasteiger partial charge in [-0.1, -0.05) is 71.4 Å². The van der Waals surface area contributed by atoms with Crippen molar-refractivity contribution in [2.24, 2.45) is 0 Å². The summed E-state index contributed by atoms with van der Waals surface area (Å²) in [6.07, 6.45) is 2.80. The maximum atomic E-state index is 12.7. The number of halogens is 2. The Balaban J connectivity index is 1.83. The molecule has 32 heavy (non-hydrogen) atoms. The summed E-state index contributed by atoms with van der Waals surface area (Å²) in [6, 6.07) is 19.7. The minimum absolute atomic E-state index is 0.292. The lowest BCUT2D eigenvalue weighted by molar-refractivity contribution is -0.136. The van der Waals surface area contributed by atoms with Crippen molar-refractivity contribution in [3.8, 4) is 5.75 Å². The number of hydrogen-bond acceptors (Lipinski definition) is 4. The van der Waals surface area contributed by atoms with Gasteiger partial charge < -0.3 is 9.84 Å². The Bertz CT molecular complexity index is 1150. The lowest BCUT2D eigenvalue weighted by atomic mass is 10.2. The Kier molecular flexibility index (Phi) is 8.22. The lowest BCUT2D eigenvalue weighted by Gasteiger charge is -2.19. The first kappa shape index (κ1) is 23.7. The van der Waals surface area contributed by atoms with Crippen molar-refractivity contribution in [2.75, 3.05) is 18.6 Å². The number of carboxylic acid groups (broad SMARTS) is 1. The van der Waals surface area contributed by atoms with E-state index in [1.807, 2.05) is 30.3 Å². The Morgan fingerprint density at radius 1 is 0.969 bits per heavy atom. The summed E-state index contributed by atoms with van der Waals surface area (Å²) >= 11 is 14.4. The highest BCUT2D eigenvalue weighted by molar-refractivity contribution is 7.99. The van der Waals surface area contributed by atoms with Gasteiger partial charge >= 0.3 is 5.97 Å². The number of amides is 1. The summed E-state index contributed by atoms with van der Waals surface area (Å²) in [5.41, 5.74) is 1.02. The minimum atomic E-state index is -1.12. The van der Waals surface area contributed by atoms with Gasteiger partial charge in [-0.15, -0.1) is 0 Å². The number of carbonyl (C=O) groups excluding carboxylic acids is 1. The van der Waals surface area contributed by atoms with Crippen LogP contribution in [-0.2, 0) is 9.59 Å². The second-order valence-electron chi connectivity index (χ2n) is 6.52. The fourth-order valence-electron chi connectivity index (χ4n) is 2.87. The minimum Gasteiger partial charge on any atom is -0.496 e. The summed E-state index contributed by atoms with van der Waals surface area (Å²) in [7, 11) is 1.60. The number of carbonyl (C=O) groups is 2. The van der Waals surface area contributed by atoms with Crippen LogP contribution in [-0.4, -0.2) is 30.6 Å². The van der Waals surface area contributed by atoms with E-state index in [2.05, 4.69) is 0 Å². The fourth-order valence-corrected chi connectivity index (χ4v) is 4.40. The summed E-state index contributed by atoms with van der Waals surface area (Å²) in [5, 5.41) is 9.82. The molecule has 1 N–H and O–H groups in total. The summed E-state index contributed by atoms with van der Waals surface area (Å²) in [6.45, 7) is -0.462. The highest BCUT2D eigenvalue weighted by Gasteiger charge is 2.17. The van der Waals surface area contributed by atoms with Gasteiger partial charge in [0.2, 0.25) is 0 Å². The molecule has 3 aromatic carbocycles. The summed E-state index contributed by atoms with van der Waals surface area (Å²) in [4.78, 5) is 26.7. The van der Waals surface area contributed by atoms with E-state index < -0.39 is 18.4 Å². The molecule has 0 saturated heterocycles. The Labute approximate surface area is 200 Å². The highest BCUT2D eigenvalue weighted by atomic mass is 35.5. The zero-order chi connectivity index (χ0) is 23.1. The van der Waals surface area contributed by atoms with Gasteiger partial charge in [0, 0.05) is 16.7 Å². The van der Waals surface area contributed by atoms with Gasteiger partial charge in [-0.25, -0.2) is 0 Å². The van der Waals surface area contributed by atoms with E-state index in [1.165, 1.54) is 28.8 Å². The number of ether oxygens (including phenoxy) is 1. The average molecular weight is 488 g/mol. The van der Waals surface area contributed by atoms with Gasteiger partial charge in [0.1, 0.15) is 12.3 Å². The van der Waals surface area contributed by atoms with Crippen LogP contribution >= 0.6 is 35.0 Å². The molecule has 0 spiro atoms. The molecule has 0 aliphatic heterocycles. The van der Waals surface area contributed by atoms with Crippen LogP contribution < -0.4 is 9.64 Å². The third-order valence-corrected chi connectivity index (χ3v) is 6.52. The number of rotatable bonds is 8.